The molecule has 0 unspecified atom stereocenters. The number of rotatable bonds is 8. The Morgan fingerprint density at radius 3 is 2.55 bits per heavy atom. The Morgan fingerprint density at radius 1 is 1.06 bits per heavy atom. The molecule has 0 N–H and O–H groups in total. The van der Waals surface area contributed by atoms with Crippen LogP contribution in [-0.2, 0) is 27.2 Å². The second-order valence-corrected chi connectivity index (χ2v) is 15.5. The molecule has 0 saturated carbocycles. The molecule has 0 bridgehead atoms. The van der Waals surface area contributed by atoms with Crippen molar-refractivity contribution in [2.75, 3.05) is 36.0 Å². The number of halogens is 1. The van der Waals surface area contributed by atoms with Gasteiger partial charge >= 0.3 is 5.97 Å². The molecule has 10 nitrogen and oxygen atoms in total. The lowest BCUT2D eigenvalue weighted by molar-refractivity contribution is -0.166. The molecule has 0 aliphatic carbocycles. The summed E-state index contributed by atoms with van der Waals surface area (Å²) in [6, 6.07) is 14.2. The average Bonchev–Trinajstić information content (AvgIpc) is 3.49. The quantitative estimate of drug-likeness (QED) is 0.0883. The van der Waals surface area contributed by atoms with E-state index in [2.05, 4.69) is 50.7 Å². The molecule has 266 valence electrons. The Labute approximate surface area is 303 Å². The summed E-state index contributed by atoms with van der Waals surface area (Å²) in [4.78, 5) is 44.7. The van der Waals surface area contributed by atoms with Crippen molar-refractivity contribution < 1.29 is 23.5 Å². The number of benzene rings is 2. The van der Waals surface area contributed by atoms with Gasteiger partial charge < -0.3 is 23.7 Å². The molecule has 5 heterocycles. The lowest BCUT2D eigenvalue weighted by atomic mass is 9.82. The molecule has 1 fully saturated rings. The number of ether oxygens (including phenoxy) is 2. The van der Waals surface area contributed by atoms with E-state index >= 15 is 0 Å². The van der Waals surface area contributed by atoms with E-state index in [0.29, 0.717) is 48.6 Å². The molecule has 2 aliphatic heterocycles. The number of piperidine rings is 1. The Bertz CT molecular complexity index is 2130. The monoisotopic (exact) mass is 709 g/mol. The van der Waals surface area contributed by atoms with Crippen LogP contribution in [0.25, 0.3) is 33.2 Å². The van der Waals surface area contributed by atoms with Crippen LogP contribution >= 0.6 is 11.6 Å². The fourth-order valence-corrected chi connectivity index (χ4v) is 7.54. The minimum atomic E-state index is -1.15. The third-order valence-corrected chi connectivity index (χ3v) is 10.2. The van der Waals surface area contributed by atoms with Crippen molar-refractivity contribution in [3.8, 4) is 11.1 Å². The standard InChI is InChI=1S/C40H44ClN5O5/c1-7-49-38(48)34(51-39(2,3)4)31-33(45-18-15-40(5,6)16-19-45)30(28(22-47)44-36(31)41)25-12-13-26-21-46(17-14-24(26)20-25)37-35-32(42-23-43-37)27-10-8-9-11-29(27)50-35/h8-13,20,22-23,34H,7,14-19,21H2,1-6H3/t34-/m0/s1. The van der Waals surface area contributed by atoms with Crippen molar-refractivity contribution in [3.05, 3.63) is 76.3 Å². The number of para-hydroxylation sites is 1. The van der Waals surface area contributed by atoms with E-state index in [1.165, 1.54) is 0 Å². The van der Waals surface area contributed by atoms with Crippen molar-refractivity contribution in [2.24, 2.45) is 5.41 Å². The molecular formula is C40H44ClN5O5. The number of anilines is 2. The number of fused-ring (bicyclic) bond motifs is 4. The molecule has 5 aromatic rings. The minimum absolute atomic E-state index is 0.0540. The van der Waals surface area contributed by atoms with E-state index < -0.39 is 17.7 Å². The molecule has 0 spiro atoms. The lowest BCUT2D eigenvalue weighted by Gasteiger charge is -2.41. The normalized spacial score (nSPS) is 16.7. The molecule has 51 heavy (non-hydrogen) atoms. The van der Waals surface area contributed by atoms with E-state index in [-0.39, 0.29) is 22.9 Å². The smallest absolute Gasteiger partial charge is 0.340 e. The van der Waals surface area contributed by atoms with Crippen LogP contribution < -0.4 is 9.80 Å². The highest BCUT2D eigenvalue weighted by atomic mass is 35.5. The van der Waals surface area contributed by atoms with Gasteiger partial charge in [0.1, 0.15) is 28.3 Å². The van der Waals surface area contributed by atoms with Crippen LogP contribution in [-0.4, -0.2) is 59.0 Å². The van der Waals surface area contributed by atoms with Gasteiger partial charge in [0.2, 0.25) is 0 Å². The summed E-state index contributed by atoms with van der Waals surface area (Å²) in [7, 11) is 0. The minimum Gasteiger partial charge on any atom is -0.464 e. The van der Waals surface area contributed by atoms with Gasteiger partial charge in [-0.15, -0.1) is 0 Å². The number of aromatic nitrogens is 3. The van der Waals surface area contributed by atoms with E-state index in [4.69, 9.17) is 25.5 Å². The predicted octanol–water partition coefficient (Wildman–Crippen LogP) is 8.51. The molecule has 1 saturated heterocycles. The van der Waals surface area contributed by atoms with Gasteiger partial charge in [0, 0.05) is 37.1 Å². The summed E-state index contributed by atoms with van der Waals surface area (Å²) in [6.07, 6.45) is 3.79. The average molecular weight is 710 g/mol. The highest BCUT2D eigenvalue weighted by Crippen LogP contribution is 2.47. The topological polar surface area (TPSA) is 111 Å². The molecule has 2 aromatic carbocycles. The Morgan fingerprint density at radius 2 is 1.82 bits per heavy atom. The van der Waals surface area contributed by atoms with Gasteiger partial charge in [0.05, 0.1) is 23.5 Å². The Balaban J connectivity index is 1.33. The summed E-state index contributed by atoms with van der Waals surface area (Å²) in [6.45, 7) is 14.9. The third-order valence-electron chi connectivity index (χ3n) is 9.91. The van der Waals surface area contributed by atoms with Gasteiger partial charge in [0.15, 0.2) is 23.8 Å². The zero-order valence-corrected chi connectivity index (χ0v) is 30.8. The molecule has 1 atom stereocenters. The van der Waals surface area contributed by atoms with Crippen molar-refractivity contribution in [3.63, 3.8) is 0 Å². The molecule has 2 aliphatic rings. The number of aldehydes is 1. The van der Waals surface area contributed by atoms with Gasteiger partial charge in [-0.1, -0.05) is 55.8 Å². The zero-order chi connectivity index (χ0) is 36.1. The fourth-order valence-electron chi connectivity index (χ4n) is 7.26. The van der Waals surface area contributed by atoms with Crippen LogP contribution in [0.15, 0.2) is 53.2 Å². The summed E-state index contributed by atoms with van der Waals surface area (Å²) in [5.41, 5.74) is 6.81. The van der Waals surface area contributed by atoms with Crippen LogP contribution in [0.2, 0.25) is 5.15 Å². The highest BCUT2D eigenvalue weighted by molar-refractivity contribution is 6.31. The van der Waals surface area contributed by atoms with Gasteiger partial charge in [-0.05, 0) is 81.2 Å². The van der Waals surface area contributed by atoms with Gasteiger partial charge in [0.25, 0.3) is 0 Å². The Kier molecular flexibility index (Phi) is 9.26. The summed E-state index contributed by atoms with van der Waals surface area (Å²) < 4.78 is 18.2. The number of hydrogen-bond acceptors (Lipinski definition) is 10. The second kappa shape index (κ2) is 13.5. The van der Waals surface area contributed by atoms with Crippen molar-refractivity contribution in [1.82, 2.24) is 15.0 Å². The van der Waals surface area contributed by atoms with Gasteiger partial charge in [-0.2, -0.15) is 0 Å². The molecule has 0 amide bonds. The SMILES string of the molecule is CCOC(=O)[C@@H](OC(C)(C)C)c1c(Cl)nc(C=O)c(-c2ccc3c(c2)CCN(c2ncnc4c2oc2ccccc24)C3)c1N1CCC(C)(C)CC1. The molecule has 7 rings (SSSR count). The number of carbonyl (C=O) groups excluding carboxylic acids is 2. The molecular weight excluding hydrogens is 666 g/mol. The zero-order valence-electron chi connectivity index (χ0n) is 30.1. The first-order chi connectivity index (χ1) is 24.4. The number of pyridine rings is 1. The fraction of sp³-hybridized carbons (Fsp3) is 0.425. The second-order valence-electron chi connectivity index (χ2n) is 15.2. The highest BCUT2D eigenvalue weighted by Gasteiger charge is 2.38. The first kappa shape index (κ1) is 34.9. The number of furan rings is 1. The van der Waals surface area contributed by atoms with Gasteiger partial charge in [-0.3, -0.25) is 4.79 Å². The number of nitrogens with zero attached hydrogens (tertiary/aromatic N) is 5. The summed E-state index contributed by atoms with van der Waals surface area (Å²) >= 11 is 6.96. The van der Waals surface area contributed by atoms with E-state index in [9.17, 15) is 9.59 Å². The van der Waals surface area contributed by atoms with Crippen molar-refractivity contribution >= 4 is 57.4 Å². The first-order valence-corrected chi connectivity index (χ1v) is 18.0. The maximum absolute atomic E-state index is 13.6. The number of hydrogen-bond donors (Lipinski definition) is 0. The summed E-state index contributed by atoms with van der Waals surface area (Å²) in [5, 5.41) is 1.02. The maximum Gasteiger partial charge on any atom is 0.340 e. The van der Waals surface area contributed by atoms with Crippen LogP contribution in [0.5, 0.6) is 0 Å². The van der Waals surface area contributed by atoms with E-state index in [0.717, 1.165) is 64.5 Å². The van der Waals surface area contributed by atoms with E-state index in [1.54, 1.807) is 13.3 Å². The maximum atomic E-state index is 13.6. The Hall–Kier alpha value is -4.54. The van der Waals surface area contributed by atoms with E-state index in [1.807, 2.05) is 51.1 Å². The summed E-state index contributed by atoms with van der Waals surface area (Å²) in [5.74, 6) is 0.216. The molecule has 11 heteroatoms. The van der Waals surface area contributed by atoms with Crippen LogP contribution in [0.1, 0.15) is 87.7 Å². The first-order valence-electron chi connectivity index (χ1n) is 17.6. The van der Waals surface area contributed by atoms with Crippen molar-refractivity contribution in [1.29, 1.82) is 0 Å². The van der Waals surface area contributed by atoms with Gasteiger partial charge in [-0.25, -0.2) is 19.7 Å². The largest absolute Gasteiger partial charge is 0.464 e. The molecule has 0 radical (unpaired) electrons. The lowest BCUT2D eigenvalue weighted by Crippen LogP contribution is -2.39. The van der Waals surface area contributed by atoms with Crippen molar-refractivity contribution in [2.45, 2.75) is 79.1 Å². The molecule has 3 aromatic heterocycles. The number of esters is 1. The van der Waals surface area contributed by atoms with Crippen LogP contribution in [0.3, 0.4) is 0 Å². The van der Waals surface area contributed by atoms with Crippen LogP contribution in [0, 0.1) is 5.41 Å². The third kappa shape index (κ3) is 6.79. The predicted molar refractivity (Wildman–Crippen MR) is 200 cm³/mol. The van der Waals surface area contributed by atoms with Crippen LogP contribution in [0.4, 0.5) is 11.5 Å². The number of carbonyl (C=O) groups is 2.